The van der Waals surface area contributed by atoms with Crippen LogP contribution in [-0.4, -0.2) is 86.5 Å². The van der Waals surface area contributed by atoms with Crippen molar-refractivity contribution in [3.8, 4) is 0 Å². The van der Waals surface area contributed by atoms with Gasteiger partial charge in [0.25, 0.3) is 0 Å². The van der Waals surface area contributed by atoms with E-state index in [9.17, 15) is 8.42 Å². The average Bonchev–Trinajstić information content (AvgIpc) is 3.26. The number of piperazine rings is 1. The summed E-state index contributed by atoms with van der Waals surface area (Å²) < 4.78 is 31.5. The third-order valence-corrected chi connectivity index (χ3v) is 6.94. The largest absolute Gasteiger partial charge is 0.364 e. The van der Waals surface area contributed by atoms with E-state index in [-0.39, 0.29) is 5.75 Å². The molecule has 0 spiro atoms. The molecule has 0 atom stereocenters. The summed E-state index contributed by atoms with van der Waals surface area (Å²) in [6, 6.07) is 12.0. The molecule has 0 bridgehead atoms. The summed E-state index contributed by atoms with van der Waals surface area (Å²) in [6.45, 7) is 7.27. The number of hydrogen-bond acceptors (Lipinski definition) is 6. The van der Waals surface area contributed by atoms with Crippen molar-refractivity contribution in [2.75, 3.05) is 52.9 Å². The van der Waals surface area contributed by atoms with Crippen LogP contribution in [0.2, 0.25) is 0 Å². The van der Waals surface area contributed by atoms with Gasteiger partial charge in [0, 0.05) is 51.9 Å². The fourth-order valence-corrected chi connectivity index (χ4v) is 4.92. The molecule has 1 fully saturated rings. The van der Waals surface area contributed by atoms with E-state index in [1.165, 1.54) is 16.1 Å². The molecule has 1 aliphatic heterocycles. The molecular formula is C21H32N6O3S. The van der Waals surface area contributed by atoms with Gasteiger partial charge >= 0.3 is 0 Å². The van der Waals surface area contributed by atoms with Crippen molar-refractivity contribution in [2.24, 2.45) is 4.99 Å². The Labute approximate surface area is 184 Å². The SMILES string of the molecule is CCNC(=NCCN(C)Cc1ccccc1)N1CCN(S(=O)(=O)Cc2ccon2)CC1. The normalized spacial score (nSPS) is 16.1. The Kier molecular flexibility index (Phi) is 8.44. The van der Waals surface area contributed by atoms with Crippen LogP contribution < -0.4 is 5.32 Å². The van der Waals surface area contributed by atoms with E-state index in [1.54, 1.807) is 6.07 Å². The molecular weight excluding hydrogens is 416 g/mol. The molecule has 170 valence electrons. The Balaban J connectivity index is 1.50. The van der Waals surface area contributed by atoms with Crippen LogP contribution in [0.3, 0.4) is 0 Å². The molecule has 0 radical (unpaired) electrons. The maximum Gasteiger partial charge on any atom is 0.220 e. The Morgan fingerprint density at radius 1 is 1.19 bits per heavy atom. The first-order valence-corrected chi connectivity index (χ1v) is 12.2. The molecule has 0 saturated carbocycles. The number of guanidine groups is 1. The maximum atomic E-state index is 12.6. The van der Waals surface area contributed by atoms with E-state index in [4.69, 9.17) is 9.52 Å². The van der Waals surface area contributed by atoms with Gasteiger partial charge < -0.3 is 19.6 Å². The van der Waals surface area contributed by atoms with Gasteiger partial charge in [0.05, 0.1) is 12.2 Å². The van der Waals surface area contributed by atoms with E-state index in [0.717, 1.165) is 25.6 Å². The summed E-state index contributed by atoms with van der Waals surface area (Å²) in [5, 5.41) is 7.05. The summed E-state index contributed by atoms with van der Waals surface area (Å²) in [7, 11) is -1.32. The highest BCUT2D eigenvalue weighted by Crippen LogP contribution is 2.13. The molecule has 2 heterocycles. The Morgan fingerprint density at radius 3 is 2.58 bits per heavy atom. The van der Waals surface area contributed by atoms with Crippen LogP contribution in [0.4, 0.5) is 0 Å². The van der Waals surface area contributed by atoms with Crippen LogP contribution in [0, 0.1) is 0 Å². The number of aromatic nitrogens is 1. The van der Waals surface area contributed by atoms with Gasteiger partial charge in [0.1, 0.15) is 12.0 Å². The van der Waals surface area contributed by atoms with Crippen molar-refractivity contribution in [1.82, 2.24) is 24.6 Å². The Morgan fingerprint density at radius 2 is 1.94 bits per heavy atom. The summed E-state index contributed by atoms with van der Waals surface area (Å²) in [6.07, 6.45) is 1.39. The van der Waals surface area contributed by atoms with E-state index in [2.05, 4.69) is 51.6 Å². The molecule has 1 aromatic heterocycles. The zero-order valence-corrected chi connectivity index (χ0v) is 19.1. The molecule has 1 N–H and O–H groups in total. The molecule has 0 unspecified atom stereocenters. The molecule has 0 aliphatic carbocycles. The summed E-state index contributed by atoms with van der Waals surface area (Å²) in [4.78, 5) is 9.14. The molecule has 31 heavy (non-hydrogen) atoms. The van der Waals surface area contributed by atoms with Gasteiger partial charge in [-0.2, -0.15) is 4.31 Å². The van der Waals surface area contributed by atoms with Crippen molar-refractivity contribution < 1.29 is 12.9 Å². The number of nitrogens with one attached hydrogen (secondary N) is 1. The van der Waals surface area contributed by atoms with E-state index >= 15 is 0 Å². The van der Waals surface area contributed by atoms with E-state index in [0.29, 0.717) is 38.4 Å². The lowest BCUT2D eigenvalue weighted by atomic mass is 10.2. The molecule has 0 amide bonds. The van der Waals surface area contributed by atoms with Gasteiger partial charge in [-0.1, -0.05) is 35.5 Å². The van der Waals surface area contributed by atoms with Crippen LogP contribution in [-0.2, 0) is 22.3 Å². The second-order valence-corrected chi connectivity index (χ2v) is 9.56. The van der Waals surface area contributed by atoms with Gasteiger partial charge in [-0.15, -0.1) is 0 Å². The van der Waals surface area contributed by atoms with Crippen LogP contribution >= 0.6 is 0 Å². The van der Waals surface area contributed by atoms with Crippen molar-refractivity contribution in [3.05, 3.63) is 53.9 Å². The second kappa shape index (κ2) is 11.3. The predicted molar refractivity (Wildman–Crippen MR) is 121 cm³/mol. The van der Waals surface area contributed by atoms with Gasteiger partial charge in [-0.3, -0.25) is 4.99 Å². The molecule has 9 nitrogen and oxygen atoms in total. The second-order valence-electron chi connectivity index (χ2n) is 7.59. The first kappa shape index (κ1) is 23.2. The highest BCUT2D eigenvalue weighted by Gasteiger charge is 2.28. The third kappa shape index (κ3) is 7.05. The molecule has 3 rings (SSSR count). The fraction of sp³-hybridized carbons (Fsp3) is 0.524. The molecule has 1 aliphatic rings. The van der Waals surface area contributed by atoms with Gasteiger partial charge in [0.15, 0.2) is 5.96 Å². The number of likely N-dealkylation sites (N-methyl/N-ethyl adjacent to an activating group) is 1. The van der Waals surface area contributed by atoms with Crippen molar-refractivity contribution in [3.63, 3.8) is 0 Å². The van der Waals surface area contributed by atoms with Crippen molar-refractivity contribution >= 4 is 16.0 Å². The highest BCUT2D eigenvalue weighted by atomic mass is 32.2. The Hall–Kier alpha value is -2.43. The minimum atomic E-state index is -3.41. The molecule has 2 aromatic rings. The standard InChI is InChI=1S/C21H32N6O3S/c1-3-22-21(23-10-11-25(2)17-19-7-5-4-6-8-19)26-12-14-27(15-13-26)31(28,29)18-20-9-16-30-24-20/h4-9,16H,3,10-15,17-18H2,1-2H3,(H,22,23). The smallest absolute Gasteiger partial charge is 0.220 e. The number of sulfonamides is 1. The number of hydrogen-bond donors (Lipinski definition) is 1. The zero-order valence-electron chi connectivity index (χ0n) is 18.3. The minimum Gasteiger partial charge on any atom is -0.364 e. The number of benzene rings is 1. The first-order valence-electron chi connectivity index (χ1n) is 10.6. The predicted octanol–water partition coefficient (Wildman–Crippen LogP) is 1.22. The maximum absolute atomic E-state index is 12.6. The van der Waals surface area contributed by atoms with Gasteiger partial charge in [-0.05, 0) is 19.5 Å². The van der Waals surface area contributed by atoms with Crippen molar-refractivity contribution in [1.29, 1.82) is 0 Å². The van der Waals surface area contributed by atoms with Gasteiger partial charge in [0.2, 0.25) is 10.0 Å². The number of rotatable bonds is 9. The minimum absolute atomic E-state index is 0.134. The molecule has 1 saturated heterocycles. The van der Waals surface area contributed by atoms with Gasteiger partial charge in [-0.25, -0.2) is 8.42 Å². The van der Waals surface area contributed by atoms with Crippen LogP contribution in [0.15, 0.2) is 52.2 Å². The lowest BCUT2D eigenvalue weighted by Crippen LogP contribution is -2.54. The average molecular weight is 449 g/mol. The van der Waals surface area contributed by atoms with Crippen LogP contribution in [0.1, 0.15) is 18.2 Å². The first-order chi connectivity index (χ1) is 15.0. The van der Waals surface area contributed by atoms with Crippen molar-refractivity contribution in [2.45, 2.75) is 19.2 Å². The molecule has 10 heteroatoms. The number of nitrogens with zero attached hydrogens (tertiary/aromatic N) is 5. The zero-order chi connectivity index (χ0) is 22.1. The lowest BCUT2D eigenvalue weighted by Gasteiger charge is -2.35. The number of aliphatic imine (C=N–C) groups is 1. The van der Waals surface area contributed by atoms with E-state index < -0.39 is 10.0 Å². The monoisotopic (exact) mass is 448 g/mol. The van der Waals surface area contributed by atoms with Crippen LogP contribution in [0.25, 0.3) is 0 Å². The van der Waals surface area contributed by atoms with Crippen LogP contribution in [0.5, 0.6) is 0 Å². The Bertz CT molecular complexity index is 910. The molecule has 1 aromatic carbocycles. The quantitative estimate of drug-likeness (QED) is 0.455. The lowest BCUT2D eigenvalue weighted by molar-refractivity contribution is 0.259. The summed E-state index contributed by atoms with van der Waals surface area (Å²) >= 11 is 0. The topological polar surface area (TPSA) is 94.3 Å². The van der Waals surface area contributed by atoms with E-state index in [1.807, 2.05) is 13.0 Å². The summed E-state index contributed by atoms with van der Waals surface area (Å²) in [5.74, 6) is 0.704. The summed E-state index contributed by atoms with van der Waals surface area (Å²) in [5.41, 5.74) is 1.71. The fourth-order valence-electron chi connectivity index (χ4n) is 3.49. The highest BCUT2D eigenvalue weighted by molar-refractivity contribution is 7.88. The third-order valence-electron chi connectivity index (χ3n) is 5.13.